The van der Waals surface area contributed by atoms with Gasteiger partial charge in [-0.2, -0.15) is 0 Å². The molecule has 2 atom stereocenters. The van der Waals surface area contributed by atoms with Crippen molar-refractivity contribution in [2.24, 2.45) is 5.92 Å². The summed E-state index contributed by atoms with van der Waals surface area (Å²) < 4.78 is 5.36. The summed E-state index contributed by atoms with van der Waals surface area (Å²) in [5.74, 6) is -1.12. The van der Waals surface area contributed by atoms with Crippen LogP contribution in [0.3, 0.4) is 0 Å². The van der Waals surface area contributed by atoms with Crippen LogP contribution in [0.5, 0.6) is 0 Å². The highest BCUT2D eigenvalue weighted by Gasteiger charge is 2.38. The number of alkyl carbamates (subject to hydrolysis) is 1. The van der Waals surface area contributed by atoms with E-state index in [0.29, 0.717) is 5.56 Å². The van der Waals surface area contributed by atoms with Gasteiger partial charge in [-0.05, 0) is 70.1 Å². The number of ether oxygens (including phenoxy) is 1. The second kappa shape index (κ2) is 12.1. The van der Waals surface area contributed by atoms with Gasteiger partial charge < -0.3 is 15.4 Å². The summed E-state index contributed by atoms with van der Waals surface area (Å²) in [6, 6.07) is 6.17. The van der Waals surface area contributed by atoms with E-state index in [0.717, 1.165) is 48.1 Å². The Labute approximate surface area is 210 Å². The predicted octanol–water partition coefficient (Wildman–Crippen LogP) is 4.76. The van der Waals surface area contributed by atoms with Gasteiger partial charge in [0.15, 0.2) is 0 Å². The average Bonchev–Trinajstić information content (AvgIpc) is 2.77. The summed E-state index contributed by atoms with van der Waals surface area (Å²) >= 11 is 0. The molecular formula is C28H41N3O4. The molecule has 35 heavy (non-hydrogen) atoms. The van der Waals surface area contributed by atoms with Gasteiger partial charge in [-0.1, -0.05) is 57.7 Å². The molecule has 7 heteroatoms. The molecule has 2 rings (SSSR count). The number of amides is 3. The maximum absolute atomic E-state index is 13.8. The Balaban J connectivity index is 2.43. The quantitative estimate of drug-likeness (QED) is 0.432. The standard InChI is InChI=1S/C28H41N3O4/c1-9-31(26(33)23(18(2)3)30-27(34)35-28(6,7)8)24(22-17-13-14-19(4)20(22)5)25(32)29-21-15-11-10-12-16-21/h1,13-14,17-18,21,23-24H,10-12,15-16H2,2-8H3,(H,29,32)(H,30,34). The van der Waals surface area contributed by atoms with Gasteiger partial charge in [-0.25, -0.2) is 4.79 Å². The molecular weight excluding hydrogens is 442 g/mol. The van der Waals surface area contributed by atoms with Crippen LogP contribution in [0, 0.1) is 32.2 Å². The Morgan fingerprint density at radius 1 is 1.11 bits per heavy atom. The molecule has 0 aromatic heterocycles. The summed E-state index contributed by atoms with van der Waals surface area (Å²) in [5, 5.41) is 5.79. The second-order valence-corrected chi connectivity index (χ2v) is 10.7. The Bertz CT molecular complexity index is 952. The van der Waals surface area contributed by atoms with E-state index >= 15 is 0 Å². The highest BCUT2D eigenvalue weighted by atomic mass is 16.6. The molecule has 1 aliphatic rings. The number of aryl methyl sites for hydroxylation is 1. The zero-order valence-electron chi connectivity index (χ0n) is 22.2. The number of benzene rings is 1. The van der Waals surface area contributed by atoms with Crippen molar-refractivity contribution in [2.75, 3.05) is 0 Å². The fourth-order valence-electron chi connectivity index (χ4n) is 4.36. The highest BCUT2D eigenvalue weighted by Crippen LogP contribution is 2.28. The number of terminal acetylenes is 1. The number of hydrogen-bond donors (Lipinski definition) is 2. The van der Waals surface area contributed by atoms with E-state index in [4.69, 9.17) is 11.2 Å². The lowest BCUT2D eigenvalue weighted by molar-refractivity contribution is -0.139. The molecule has 0 bridgehead atoms. The molecule has 1 aliphatic carbocycles. The molecule has 0 aliphatic heterocycles. The summed E-state index contributed by atoms with van der Waals surface area (Å²) in [4.78, 5) is 41.0. The van der Waals surface area contributed by atoms with Gasteiger partial charge in [0.2, 0.25) is 5.91 Å². The molecule has 2 N–H and O–H groups in total. The van der Waals surface area contributed by atoms with Gasteiger partial charge in [-0.3, -0.25) is 14.5 Å². The van der Waals surface area contributed by atoms with Crippen molar-refractivity contribution in [3.8, 4) is 12.5 Å². The molecule has 0 saturated heterocycles. The first-order valence-electron chi connectivity index (χ1n) is 12.5. The molecule has 0 radical (unpaired) electrons. The van der Waals surface area contributed by atoms with E-state index in [9.17, 15) is 14.4 Å². The minimum atomic E-state index is -1.02. The average molecular weight is 484 g/mol. The van der Waals surface area contributed by atoms with Crippen LogP contribution in [0.25, 0.3) is 0 Å². The molecule has 1 fully saturated rings. The van der Waals surface area contributed by atoms with E-state index < -0.39 is 29.7 Å². The van der Waals surface area contributed by atoms with Gasteiger partial charge in [0.25, 0.3) is 5.91 Å². The third-order valence-electron chi connectivity index (χ3n) is 6.38. The lowest BCUT2D eigenvalue weighted by Crippen LogP contribution is -2.54. The topological polar surface area (TPSA) is 87.7 Å². The minimum Gasteiger partial charge on any atom is -0.444 e. The van der Waals surface area contributed by atoms with Crippen LogP contribution >= 0.6 is 0 Å². The lowest BCUT2D eigenvalue weighted by atomic mass is 9.92. The molecule has 0 spiro atoms. The third-order valence-corrected chi connectivity index (χ3v) is 6.38. The molecule has 1 saturated carbocycles. The number of rotatable bonds is 7. The van der Waals surface area contributed by atoms with Gasteiger partial charge in [0.05, 0.1) is 0 Å². The van der Waals surface area contributed by atoms with Gasteiger partial charge in [0, 0.05) is 12.1 Å². The molecule has 192 valence electrons. The molecule has 0 heterocycles. The molecule has 2 unspecified atom stereocenters. The van der Waals surface area contributed by atoms with E-state index in [1.54, 1.807) is 20.8 Å². The van der Waals surface area contributed by atoms with Gasteiger partial charge in [0.1, 0.15) is 17.7 Å². The molecule has 7 nitrogen and oxygen atoms in total. The first kappa shape index (κ1) is 28.2. The normalized spacial score (nSPS) is 16.1. The monoisotopic (exact) mass is 483 g/mol. The van der Waals surface area contributed by atoms with Crippen LogP contribution in [0.15, 0.2) is 18.2 Å². The molecule has 1 aromatic carbocycles. The lowest BCUT2D eigenvalue weighted by Gasteiger charge is -2.34. The van der Waals surface area contributed by atoms with Crippen LogP contribution in [0.4, 0.5) is 4.79 Å². The van der Waals surface area contributed by atoms with Gasteiger partial charge >= 0.3 is 6.09 Å². The van der Waals surface area contributed by atoms with Crippen molar-refractivity contribution >= 4 is 17.9 Å². The SMILES string of the molecule is C#CN(C(=O)C(NC(=O)OC(C)(C)C)C(C)C)C(C(=O)NC1CCCCC1)c1cccc(C)c1C. The molecule has 3 amide bonds. The zero-order valence-corrected chi connectivity index (χ0v) is 22.2. The first-order valence-corrected chi connectivity index (χ1v) is 12.5. The smallest absolute Gasteiger partial charge is 0.408 e. The highest BCUT2D eigenvalue weighted by molar-refractivity contribution is 5.93. The van der Waals surface area contributed by atoms with Crippen molar-refractivity contribution in [3.05, 3.63) is 34.9 Å². The van der Waals surface area contributed by atoms with E-state index in [1.807, 2.05) is 45.9 Å². The van der Waals surface area contributed by atoms with E-state index in [-0.39, 0.29) is 17.9 Å². The van der Waals surface area contributed by atoms with E-state index in [1.165, 1.54) is 0 Å². The Kier molecular flexibility index (Phi) is 9.76. The second-order valence-electron chi connectivity index (χ2n) is 10.7. The van der Waals surface area contributed by atoms with Gasteiger partial charge in [-0.15, -0.1) is 0 Å². The Hall–Kier alpha value is -3.01. The van der Waals surface area contributed by atoms with Crippen LogP contribution in [0.1, 0.15) is 89.5 Å². The summed E-state index contributed by atoms with van der Waals surface area (Å²) in [6.45, 7) is 12.7. The maximum atomic E-state index is 13.8. The van der Waals surface area contributed by atoms with Crippen LogP contribution in [-0.4, -0.2) is 40.5 Å². The predicted molar refractivity (Wildman–Crippen MR) is 137 cm³/mol. The largest absolute Gasteiger partial charge is 0.444 e. The van der Waals surface area contributed by atoms with Crippen molar-refractivity contribution in [1.29, 1.82) is 0 Å². The summed E-state index contributed by atoms with van der Waals surface area (Å²) in [6.07, 6.45) is 10.3. The number of hydrogen-bond acceptors (Lipinski definition) is 4. The van der Waals surface area contributed by atoms with E-state index in [2.05, 4.69) is 16.7 Å². The number of carbonyl (C=O) groups is 3. The zero-order chi connectivity index (χ0) is 26.3. The van der Waals surface area contributed by atoms with Crippen molar-refractivity contribution in [3.63, 3.8) is 0 Å². The van der Waals surface area contributed by atoms with Crippen molar-refractivity contribution in [1.82, 2.24) is 15.5 Å². The fourth-order valence-corrected chi connectivity index (χ4v) is 4.36. The maximum Gasteiger partial charge on any atom is 0.408 e. The Morgan fingerprint density at radius 3 is 2.29 bits per heavy atom. The minimum absolute atomic E-state index is 0.0550. The summed E-state index contributed by atoms with van der Waals surface area (Å²) in [7, 11) is 0. The summed E-state index contributed by atoms with van der Waals surface area (Å²) in [5.41, 5.74) is 1.84. The number of nitrogens with zero attached hydrogens (tertiary/aromatic N) is 1. The fraction of sp³-hybridized carbons (Fsp3) is 0.607. The van der Waals surface area contributed by atoms with Crippen molar-refractivity contribution in [2.45, 2.75) is 104 Å². The third kappa shape index (κ3) is 7.74. The molecule has 1 aromatic rings. The Morgan fingerprint density at radius 2 is 1.74 bits per heavy atom. The number of nitrogens with one attached hydrogen (secondary N) is 2. The van der Waals surface area contributed by atoms with Crippen LogP contribution in [0.2, 0.25) is 0 Å². The number of carbonyl (C=O) groups excluding carboxylic acids is 3. The van der Waals surface area contributed by atoms with Crippen LogP contribution in [-0.2, 0) is 14.3 Å². The van der Waals surface area contributed by atoms with Crippen molar-refractivity contribution < 1.29 is 19.1 Å². The first-order chi connectivity index (χ1) is 16.4. The van der Waals surface area contributed by atoms with Crippen LogP contribution < -0.4 is 10.6 Å².